The highest BCUT2D eigenvalue weighted by Crippen LogP contribution is 2.19. The van der Waals surface area contributed by atoms with Gasteiger partial charge in [-0.05, 0) is 35.2 Å². The lowest BCUT2D eigenvalue weighted by Crippen LogP contribution is -2.37. The minimum Gasteiger partial charge on any atom is -0.338 e. The molecule has 0 aliphatic rings. The molecule has 0 saturated carbocycles. The van der Waals surface area contributed by atoms with Crippen LogP contribution >= 0.6 is 0 Å². The van der Waals surface area contributed by atoms with Crippen molar-refractivity contribution in [3.8, 4) is 0 Å². The van der Waals surface area contributed by atoms with Crippen LogP contribution in [0, 0.1) is 0 Å². The fourth-order valence-corrected chi connectivity index (χ4v) is 5.65. The van der Waals surface area contributed by atoms with Gasteiger partial charge in [-0.25, -0.2) is 8.42 Å². The van der Waals surface area contributed by atoms with Crippen molar-refractivity contribution in [1.29, 1.82) is 0 Å². The van der Waals surface area contributed by atoms with E-state index in [1.165, 1.54) is 4.31 Å². The monoisotopic (exact) mass is 512 g/mol. The number of hydrogen-bond donors (Lipinski definition) is 0. The number of sulfonamides is 1. The largest absolute Gasteiger partial charge is 0.338 e. The molecule has 1 amide bonds. The summed E-state index contributed by atoms with van der Waals surface area (Å²) in [5.41, 5.74) is 3.08. The van der Waals surface area contributed by atoms with Gasteiger partial charge in [0.25, 0.3) is 0 Å². The Kier molecular flexibility index (Phi) is 9.24. The van der Waals surface area contributed by atoms with Crippen LogP contribution in [0.3, 0.4) is 0 Å². The topological polar surface area (TPSA) is 57.7 Å². The summed E-state index contributed by atoms with van der Waals surface area (Å²) in [6.07, 6.45) is 0.829. The average Bonchev–Trinajstić information content (AvgIpc) is 2.95. The zero-order chi connectivity index (χ0) is 25.9. The predicted molar refractivity (Wildman–Crippen MR) is 147 cm³/mol. The Morgan fingerprint density at radius 2 is 1.03 bits per heavy atom. The van der Waals surface area contributed by atoms with Crippen molar-refractivity contribution in [1.82, 2.24) is 9.21 Å². The average molecular weight is 513 g/mol. The molecule has 0 aliphatic heterocycles. The van der Waals surface area contributed by atoms with Crippen LogP contribution in [-0.2, 0) is 34.3 Å². The molecule has 0 heterocycles. The van der Waals surface area contributed by atoms with Crippen molar-refractivity contribution >= 4 is 15.9 Å². The quantitative estimate of drug-likeness (QED) is 0.250. The molecule has 4 aromatic carbocycles. The molecule has 5 nitrogen and oxygen atoms in total. The third-order valence-electron chi connectivity index (χ3n) is 6.24. The molecule has 0 aliphatic carbocycles. The molecule has 190 valence electrons. The highest BCUT2D eigenvalue weighted by Gasteiger charge is 2.26. The van der Waals surface area contributed by atoms with E-state index in [0.29, 0.717) is 13.1 Å². The van der Waals surface area contributed by atoms with E-state index in [1.807, 2.05) is 83.8 Å². The number of hydrogen-bond acceptors (Lipinski definition) is 3. The number of rotatable bonds is 12. The molecular formula is C31H32N2O3S. The third kappa shape index (κ3) is 7.62. The van der Waals surface area contributed by atoms with Gasteiger partial charge in [0.05, 0.1) is 4.90 Å². The summed E-state index contributed by atoms with van der Waals surface area (Å²) < 4.78 is 28.5. The summed E-state index contributed by atoms with van der Waals surface area (Å²) >= 11 is 0. The van der Waals surface area contributed by atoms with Gasteiger partial charge in [-0.1, -0.05) is 109 Å². The van der Waals surface area contributed by atoms with Crippen LogP contribution in [0.15, 0.2) is 126 Å². The van der Waals surface area contributed by atoms with Crippen molar-refractivity contribution in [3.05, 3.63) is 138 Å². The first-order chi connectivity index (χ1) is 18.0. The molecule has 6 heteroatoms. The van der Waals surface area contributed by atoms with Crippen LogP contribution in [0.5, 0.6) is 0 Å². The van der Waals surface area contributed by atoms with Crippen molar-refractivity contribution < 1.29 is 13.2 Å². The van der Waals surface area contributed by atoms with Gasteiger partial charge in [-0.3, -0.25) is 4.79 Å². The Labute approximate surface area is 220 Å². The van der Waals surface area contributed by atoms with Gasteiger partial charge in [0, 0.05) is 32.6 Å². The summed E-state index contributed by atoms with van der Waals surface area (Å²) in [6, 6.07) is 37.8. The number of amides is 1. The smallest absolute Gasteiger partial charge is 0.243 e. The van der Waals surface area contributed by atoms with Gasteiger partial charge >= 0.3 is 0 Å². The fraction of sp³-hybridized carbons (Fsp3) is 0.194. The number of benzene rings is 4. The molecular weight excluding hydrogens is 480 g/mol. The van der Waals surface area contributed by atoms with E-state index in [0.717, 1.165) is 23.1 Å². The van der Waals surface area contributed by atoms with Gasteiger partial charge in [0.2, 0.25) is 15.9 Å². The molecule has 4 aromatic rings. The van der Waals surface area contributed by atoms with Gasteiger partial charge in [-0.15, -0.1) is 0 Å². The van der Waals surface area contributed by atoms with Gasteiger partial charge in [-0.2, -0.15) is 4.31 Å². The molecule has 0 unspecified atom stereocenters. The van der Waals surface area contributed by atoms with Crippen LogP contribution in [0.25, 0.3) is 0 Å². The highest BCUT2D eigenvalue weighted by atomic mass is 32.2. The second kappa shape index (κ2) is 13.0. The first kappa shape index (κ1) is 26.3. The maximum absolute atomic E-state index is 13.5. The SMILES string of the molecule is O=C(CCN(Cc1ccccc1)S(=O)(=O)c1ccccc1)N(CCc1ccccc1)Cc1ccccc1. The van der Waals surface area contributed by atoms with E-state index in [4.69, 9.17) is 0 Å². The summed E-state index contributed by atoms with van der Waals surface area (Å²) in [6.45, 7) is 1.34. The minimum atomic E-state index is -3.77. The molecule has 0 aromatic heterocycles. The third-order valence-corrected chi connectivity index (χ3v) is 8.10. The first-order valence-electron chi connectivity index (χ1n) is 12.5. The number of carbonyl (C=O) groups is 1. The van der Waals surface area contributed by atoms with Crippen molar-refractivity contribution in [2.75, 3.05) is 13.1 Å². The Balaban J connectivity index is 1.51. The van der Waals surface area contributed by atoms with Crippen molar-refractivity contribution in [2.45, 2.75) is 30.8 Å². The summed E-state index contributed by atoms with van der Waals surface area (Å²) in [5.74, 6) is -0.0684. The highest BCUT2D eigenvalue weighted by molar-refractivity contribution is 7.89. The standard InChI is InChI=1S/C31H32N2O3S/c34-31(32(25-28-15-7-2-8-16-28)23-21-27-13-5-1-6-14-27)22-24-33(26-29-17-9-3-10-18-29)37(35,36)30-19-11-4-12-20-30/h1-20H,21-26H2. The lowest BCUT2D eigenvalue weighted by molar-refractivity contribution is -0.132. The normalized spacial score (nSPS) is 11.4. The molecule has 37 heavy (non-hydrogen) atoms. The van der Waals surface area contributed by atoms with Crippen LogP contribution in [0.1, 0.15) is 23.1 Å². The zero-order valence-corrected chi connectivity index (χ0v) is 21.6. The van der Waals surface area contributed by atoms with E-state index in [9.17, 15) is 13.2 Å². The first-order valence-corrected chi connectivity index (χ1v) is 13.9. The van der Waals surface area contributed by atoms with Gasteiger partial charge < -0.3 is 4.90 Å². The van der Waals surface area contributed by atoms with Crippen molar-refractivity contribution in [2.24, 2.45) is 0 Å². The maximum atomic E-state index is 13.5. The van der Waals surface area contributed by atoms with Crippen molar-refractivity contribution in [3.63, 3.8) is 0 Å². The molecule has 0 N–H and O–H groups in total. The van der Waals surface area contributed by atoms with Crippen LogP contribution in [-0.4, -0.2) is 36.6 Å². The van der Waals surface area contributed by atoms with Gasteiger partial charge in [0.1, 0.15) is 0 Å². The van der Waals surface area contributed by atoms with E-state index >= 15 is 0 Å². The van der Waals surface area contributed by atoms with E-state index < -0.39 is 10.0 Å². The minimum absolute atomic E-state index is 0.0684. The predicted octanol–water partition coefficient (Wildman–Crippen LogP) is 5.54. The molecule has 4 rings (SSSR count). The lowest BCUT2D eigenvalue weighted by atomic mass is 10.1. The lowest BCUT2D eigenvalue weighted by Gasteiger charge is -2.26. The molecule has 0 bridgehead atoms. The molecule has 0 spiro atoms. The Morgan fingerprint density at radius 1 is 0.568 bits per heavy atom. The maximum Gasteiger partial charge on any atom is 0.243 e. The zero-order valence-electron chi connectivity index (χ0n) is 20.8. The molecule has 0 radical (unpaired) electrons. The molecule has 0 fully saturated rings. The Morgan fingerprint density at radius 3 is 1.57 bits per heavy atom. The van der Waals surface area contributed by atoms with Gasteiger partial charge in [0.15, 0.2) is 0 Å². The van der Waals surface area contributed by atoms with Crippen LogP contribution in [0.2, 0.25) is 0 Å². The number of nitrogens with zero attached hydrogens (tertiary/aromatic N) is 2. The fourth-order valence-electron chi connectivity index (χ4n) is 4.20. The molecule has 0 saturated heterocycles. The molecule has 0 atom stereocenters. The second-order valence-corrected chi connectivity index (χ2v) is 10.9. The summed E-state index contributed by atoms with van der Waals surface area (Å²) in [5, 5.41) is 0. The van der Waals surface area contributed by atoms with E-state index in [-0.39, 0.29) is 30.3 Å². The van der Waals surface area contributed by atoms with Crippen LogP contribution in [0.4, 0.5) is 0 Å². The summed E-state index contributed by atoms with van der Waals surface area (Å²) in [7, 11) is -3.77. The Bertz CT molecular complexity index is 1350. The van der Waals surface area contributed by atoms with E-state index in [1.54, 1.807) is 30.3 Å². The number of carbonyl (C=O) groups excluding carboxylic acids is 1. The van der Waals surface area contributed by atoms with Crippen LogP contribution < -0.4 is 0 Å². The Hall–Kier alpha value is -3.74. The second-order valence-electron chi connectivity index (χ2n) is 8.92. The van der Waals surface area contributed by atoms with E-state index in [2.05, 4.69) is 12.1 Å². The summed E-state index contributed by atoms with van der Waals surface area (Å²) in [4.78, 5) is 15.6.